The average molecular weight is 329 g/mol. The highest BCUT2D eigenvalue weighted by Gasteiger charge is 2.32. The highest BCUT2D eigenvalue weighted by Crippen LogP contribution is 2.40. The van der Waals surface area contributed by atoms with Crippen LogP contribution >= 0.6 is 11.3 Å². The highest BCUT2D eigenvalue weighted by atomic mass is 32.1. The lowest BCUT2D eigenvalue weighted by molar-refractivity contribution is 0.0790. The Bertz CT molecular complexity index is 728. The third-order valence-electron chi connectivity index (χ3n) is 4.99. The van der Waals surface area contributed by atoms with Gasteiger partial charge in [-0.05, 0) is 51.2 Å². The number of thiophene rings is 1. The van der Waals surface area contributed by atoms with E-state index in [4.69, 9.17) is 0 Å². The predicted molar refractivity (Wildman–Crippen MR) is 92.0 cm³/mol. The summed E-state index contributed by atoms with van der Waals surface area (Å²) in [4.78, 5) is 21.3. The normalized spacial score (nSPS) is 21.1. The molecule has 2 aliphatic rings. The van der Waals surface area contributed by atoms with Gasteiger partial charge in [-0.15, -0.1) is 11.3 Å². The largest absolute Gasteiger partial charge is 0.338 e. The predicted octanol–water partition coefficient (Wildman–Crippen LogP) is 3.60. The summed E-state index contributed by atoms with van der Waals surface area (Å²) in [7, 11) is 0. The van der Waals surface area contributed by atoms with Crippen molar-refractivity contribution < 1.29 is 4.79 Å². The van der Waals surface area contributed by atoms with Crippen LogP contribution in [0.3, 0.4) is 0 Å². The van der Waals surface area contributed by atoms with Crippen LogP contribution in [0.1, 0.15) is 51.2 Å². The van der Waals surface area contributed by atoms with Crippen LogP contribution in [0.15, 0.2) is 18.3 Å². The maximum atomic E-state index is 12.6. The van der Waals surface area contributed by atoms with Gasteiger partial charge in [0.2, 0.25) is 0 Å². The molecule has 3 heterocycles. The fourth-order valence-corrected chi connectivity index (χ4v) is 4.35. The molecule has 4 nitrogen and oxygen atoms in total. The number of carbonyl (C=O) groups excluding carboxylic acids is 1. The van der Waals surface area contributed by atoms with Gasteiger partial charge < -0.3 is 9.47 Å². The molecule has 5 heteroatoms. The Morgan fingerprint density at radius 3 is 2.83 bits per heavy atom. The molecule has 2 fully saturated rings. The van der Waals surface area contributed by atoms with E-state index in [-0.39, 0.29) is 5.91 Å². The Morgan fingerprint density at radius 2 is 2.13 bits per heavy atom. The number of rotatable bonds is 4. The van der Waals surface area contributed by atoms with Gasteiger partial charge in [0, 0.05) is 42.3 Å². The van der Waals surface area contributed by atoms with Gasteiger partial charge in [0.15, 0.2) is 0 Å². The second-order valence-electron chi connectivity index (χ2n) is 6.96. The van der Waals surface area contributed by atoms with Gasteiger partial charge in [-0.3, -0.25) is 4.79 Å². The number of imidazole rings is 1. The van der Waals surface area contributed by atoms with Crippen molar-refractivity contribution in [2.45, 2.75) is 45.6 Å². The monoisotopic (exact) mass is 329 g/mol. The Kier molecular flexibility index (Phi) is 3.76. The lowest BCUT2D eigenvalue weighted by Crippen LogP contribution is -2.28. The minimum atomic E-state index is 0.204. The van der Waals surface area contributed by atoms with E-state index >= 15 is 0 Å². The molecule has 4 rings (SSSR count). The number of nitrogens with zero attached hydrogens (tertiary/aromatic N) is 3. The molecule has 23 heavy (non-hydrogen) atoms. The summed E-state index contributed by atoms with van der Waals surface area (Å²) in [6, 6.07) is 3.99. The van der Waals surface area contributed by atoms with Crippen molar-refractivity contribution in [1.29, 1.82) is 0 Å². The molecule has 0 radical (unpaired) electrons. The lowest BCUT2D eigenvalue weighted by atomic mass is 10.1. The first kappa shape index (κ1) is 14.9. The van der Waals surface area contributed by atoms with Gasteiger partial charge in [-0.2, -0.15) is 0 Å². The molecule has 2 aromatic heterocycles. The molecule has 1 unspecified atom stereocenters. The van der Waals surface area contributed by atoms with E-state index < -0.39 is 0 Å². The summed E-state index contributed by atoms with van der Waals surface area (Å²) in [5.74, 6) is 2.69. The van der Waals surface area contributed by atoms with Crippen LogP contribution in [0.25, 0.3) is 0 Å². The third-order valence-corrected chi connectivity index (χ3v) is 5.98. The van der Waals surface area contributed by atoms with Crippen LogP contribution in [-0.2, 0) is 6.54 Å². The van der Waals surface area contributed by atoms with Gasteiger partial charge >= 0.3 is 0 Å². The maximum Gasteiger partial charge on any atom is 0.263 e. The highest BCUT2D eigenvalue weighted by molar-refractivity contribution is 7.13. The van der Waals surface area contributed by atoms with Crippen molar-refractivity contribution in [1.82, 2.24) is 14.5 Å². The molecule has 1 amide bonds. The third kappa shape index (κ3) is 2.94. The van der Waals surface area contributed by atoms with Gasteiger partial charge in [-0.1, -0.05) is 0 Å². The van der Waals surface area contributed by atoms with Gasteiger partial charge in [0.25, 0.3) is 5.91 Å². The number of carbonyl (C=O) groups is 1. The second kappa shape index (κ2) is 5.78. The van der Waals surface area contributed by atoms with Crippen molar-refractivity contribution in [3.8, 4) is 0 Å². The number of likely N-dealkylation sites (tertiary alicyclic amines) is 1. The number of aromatic nitrogens is 2. The maximum absolute atomic E-state index is 12.6. The molecule has 0 spiro atoms. The zero-order chi connectivity index (χ0) is 16.0. The summed E-state index contributed by atoms with van der Waals surface area (Å²) in [6.45, 7) is 6.95. The molecule has 1 atom stereocenters. The molecule has 122 valence electrons. The van der Waals surface area contributed by atoms with E-state index in [1.807, 2.05) is 23.2 Å². The van der Waals surface area contributed by atoms with Gasteiger partial charge in [0.05, 0.1) is 4.88 Å². The van der Waals surface area contributed by atoms with Gasteiger partial charge in [-0.25, -0.2) is 4.98 Å². The Hall–Kier alpha value is -1.62. The standard InChI is InChI=1S/C18H23N3OS/c1-12-9-19-17(15-4-5-15)21(12)11-14-7-8-20(10-14)18(22)16-6-3-13(2)23-16/h3,6,9,14-15H,4-5,7-8,10-11H2,1-2H3. The quantitative estimate of drug-likeness (QED) is 0.859. The summed E-state index contributed by atoms with van der Waals surface area (Å²) < 4.78 is 2.39. The van der Waals surface area contributed by atoms with E-state index in [9.17, 15) is 4.79 Å². The first-order chi connectivity index (χ1) is 11.1. The van der Waals surface area contributed by atoms with Crippen molar-refractivity contribution in [2.24, 2.45) is 5.92 Å². The van der Waals surface area contributed by atoms with Crippen LogP contribution in [0.2, 0.25) is 0 Å². The van der Waals surface area contributed by atoms with Crippen molar-refractivity contribution in [3.05, 3.63) is 39.6 Å². The number of hydrogen-bond donors (Lipinski definition) is 0. The lowest BCUT2D eigenvalue weighted by Gasteiger charge is -2.17. The fraction of sp³-hybridized carbons (Fsp3) is 0.556. The van der Waals surface area contributed by atoms with E-state index in [1.165, 1.54) is 29.2 Å². The van der Waals surface area contributed by atoms with Crippen LogP contribution in [0.5, 0.6) is 0 Å². The summed E-state index contributed by atoms with van der Waals surface area (Å²) in [5.41, 5.74) is 1.26. The van der Waals surface area contributed by atoms with Crippen molar-refractivity contribution >= 4 is 17.2 Å². The molecule has 0 N–H and O–H groups in total. The average Bonchev–Trinajstić information content (AvgIpc) is 2.94. The smallest absolute Gasteiger partial charge is 0.263 e. The number of amides is 1. The summed E-state index contributed by atoms with van der Waals surface area (Å²) in [5, 5.41) is 0. The first-order valence-corrected chi connectivity index (χ1v) is 9.31. The molecule has 1 saturated heterocycles. The first-order valence-electron chi connectivity index (χ1n) is 8.49. The minimum absolute atomic E-state index is 0.204. The molecule has 1 aliphatic carbocycles. The molecular weight excluding hydrogens is 306 g/mol. The summed E-state index contributed by atoms with van der Waals surface area (Å²) in [6.07, 6.45) is 5.66. The SMILES string of the molecule is Cc1ccc(C(=O)N2CCC(Cn3c(C)cnc3C3CC3)C2)s1. The van der Waals surface area contributed by atoms with Gasteiger partial charge in [0.1, 0.15) is 5.82 Å². The molecule has 1 aliphatic heterocycles. The minimum Gasteiger partial charge on any atom is -0.338 e. The number of hydrogen-bond acceptors (Lipinski definition) is 3. The topological polar surface area (TPSA) is 38.1 Å². The molecule has 1 saturated carbocycles. The van der Waals surface area contributed by atoms with Crippen LogP contribution in [0.4, 0.5) is 0 Å². The van der Waals surface area contributed by atoms with Crippen molar-refractivity contribution in [2.75, 3.05) is 13.1 Å². The Morgan fingerprint density at radius 1 is 1.30 bits per heavy atom. The Labute approximate surface area is 141 Å². The second-order valence-corrected chi connectivity index (χ2v) is 8.25. The van der Waals surface area contributed by atoms with Crippen LogP contribution < -0.4 is 0 Å². The van der Waals surface area contributed by atoms with E-state index in [0.717, 1.165) is 30.9 Å². The molecule has 2 aromatic rings. The fourth-order valence-electron chi connectivity index (χ4n) is 3.51. The number of aryl methyl sites for hydroxylation is 2. The molecule has 0 bridgehead atoms. The van der Waals surface area contributed by atoms with E-state index in [0.29, 0.717) is 11.8 Å². The molecular formula is C18H23N3OS. The van der Waals surface area contributed by atoms with E-state index in [2.05, 4.69) is 23.4 Å². The summed E-state index contributed by atoms with van der Waals surface area (Å²) >= 11 is 1.60. The van der Waals surface area contributed by atoms with E-state index in [1.54, 1.807) is 11.3 Å². The van der Waals surface area contributed by atoms with Crippen LogP contribution in [0, 0.1) is 19.8 Å². The van der Waals surface area contributed by atoms with Crippen LogP contribution in [-0.4, -0.2) is 33.4 Å². The van der Waals surface area contributed by atoms with Crippen molar-refractivity contribution in [3.63, 3.8) is 0 Å². The molecule has 0 aromatic carbocycles. The zero-order valence-corrected chi connectivity index (χ0v) is 14.6. The zero-order valence-electron chi connectivity index (χ0n) is 13.8. The Balaban J connectivity index is 1.43.